The minimum Gasteiger partial charge on any atom is -0.309 e. The lowest BCUT2D eigenvalue weighted by atomic mass is 9.99. The van der Waals surface area contributed by atoms with Crippen molar-refractivity contribution in [1.29, 1.82) is 5.26 Å². The molecule has 0 aliphatic carbocycles. The van der Waals surface area contributed by atoms with Gasteiger partial charge in [0.2, 0.25) is 0 Å². The largest absolute Gasteiger partial charge is 0.309 e. The quantitative estimate of drug-likeness (QED) is 0.892. The predicted octanol–water partition coefficient (Wildman–Crippen LogP) is 2.19. The van der Waals surface area contributed by atoms with Crippen molar-refractivity contribution in [3.8, 4) is 6.07 Å². The summed E-state index contributed by atoms with van der Waals surface area (Å²) in [5.74, 6) is 0. The highest BCUT2D eigenvalue weighted by Gasteiger charge is 2.22. The molecule has 3 nitrogen and oxygen atoms in total. The first kappa shape index (κ1) is 12.6. The van der Waals surface area contributed by atoms with E-state index in [1.807, 2.05) is 11.4 Å². The summed E-state index contributed by atoms with van der Waals surface area (Å²) in [7, 11) is 2.19. The van der Waals surface area contributed by atoms with Crippen molar-refractivity contribution in [3.05, 3.63) is 21.9 Å². The number of nitriles is 1. The number of nitrogens with zero attached hydrogens (tertiary/aromatic N) is 2. The van der Waals surface area contributed by atoms with Gasteiger partial charge in [0.1, 0.15) is 6.07 Å². The van der Waals surface area contributed by atoms with Crippen LogP contribution in [0, 0.1) is 11.3 Å². The molecule has 0 radical (unpaired) electrons. The molecule has 2 unspecified atom stereocenters. The lowest BCUT2D eigenvalue weighted by Crippen LogP contribution is -2.45. The molecule has 4 heteroatoms. The average molecular weight is 249 g/mol. The van der Waals surface area contributed by atoms with Gasteiger partial charge in [-0.05, 0) is 39.4 Å². The van der Waals surface area contributed by atoms with Gasteiger partial charge >= 0.3 is 0 Å². The molecule has 0 saturated carbocycles. The predicted molar refractivity (Wildman–Crippen MR) is 71.0 cm³/mol. The number of piperidine rings is 1. The van der Waals surface area contributed by atoms with Crippen LogP contribution in [0.15, 0.2) is 11.4 Å². The highest BCUT2D eigenvalue weighted by atomic mass is 32.1. The number of rotatable bonds is 3. The van der Waals surface area contributed by atoms with Crippen LogP contribution in [-0.4, -0.2) is 30.6 Å². The van der Waals surface area contributed by atoms with Crippen LogP contribution < -0.4 is 5.32 Å². The van der Waals surface area contributed by atoms with Gasteiger partial charge in [0.25, 0.3) is 0 Å². The Morgan fingerprint density at radius 3 is 3.12 bits per heavy atom. The van der Waals surface area contributed by atoms with E-state index in [1.165, 1.54) is 24.3 Å². The topological polar surface area (TPSA) is 39.1 Å². The highest BCUT2D eigenvalue weighted by Crippen LogP contribution is 2.18. The molecule has 17 heavy (non-hydrogen) atoms. The van der Waals surface area contributed by atoms with Gasteiger partial charge in [-0.25, -0.2) is 0 Å². The summed E-state index contributed by atoms with van der Waals surface area (Å²) >= 11 is 1.67. The van der Waals surface area contributed by atoms with E-state index in [9.17, 15) is 0 Å². The third-order valence-corrected chi connectivity index (χ3v) is 4.49. The molecule has 92 valence electrons. The summed E-state index contributed by atoms with van der Waals surface area (Å²) in [6.45, 7) is 4.35. The van der Waals surface area contributed by atoms with E-state index in [0.717, 1.165) is 12.1 Å². The van der Waals surface area contributed by atoms with Crippen LogP contribution >= 0.6 is 11.3 Å². The van der Waals surface area contributed by atoms with Crippen molar-refractivity contribution in [2.24, 2.45) is 0 Å². The Morgan fingerprint density at radius 2 is 2.47 bits per heavy atom. The van der Waals surface area contributed by atoms with Gasteiger partial charge in [0.15, 0.2) is 0 Å². The van der Waals surface area contributed by atoms with Crippen molar-refractivity contribution in [2.45, 2.75) is 38.4 Å². The second-order valence-corrected chi connectivity index (χ2v) is 5.84. The molecule has 0 bridgehead atoms. The van der Waals surface area contributed by atoms with E-state index in [1.54, 1.807) is 11.3 Å². The van der Waals surface area contributed by atoms with Crippen LogP contribution in [0.4, 0.5) is 0 Å². The molecule has 1 aliphatic heterocycles. The van der Waals surface area contributed by atoms with Crippen LogP contribution in [-0.2, 0) is 6.54 Å². The first-order valence-electron chi connectivity index (χ1n) is 6.10. The Morgan fingerprint density at radius 1 is 1.65 bits per heavy atom. The van der Waals surface area contributed by atoms with Crippen LogP contribution in [0.25, 0.3) is 0 Å². The Kier molecular flexibility index (Phi) is 4.16. The Labute approximate surface area is 107 Å². The lowest BCUT2D eigenvalue weighted by molar-refractivity contribution is 0.168. The normalized spacial score (nSPS) is 25.7. The summed E-state index contributed by atoms with van der Waals surface area (Å²) in [5, 5.41) is 14.3. The monoisotopic (exact) mass is 249 g/mol. The number of hydrogen-bond donors (Lipinski definition) is 1. The molecule has 0 amide bonds. The minimum atomic E-state index is 0.619. The number of thiophene rings is 1. The van der Waals surface area contributed by atoms with Crippen molar-refractivity contribution in [1.82, 2.24) is 10.2 Å². The van der Waals surface area contributed by atoms with E-state index < -0.39 is 0 Å². The van der Waals surface area contributed by atoms with Crippen molar-refractivity contribution >= 4 is 11.3 Å². The summed E-state index contributed by atoms with van der Waals surface area (Å²) in [4.78, 5) is 3.67. The lowest BCUT2D eigenvalue weighted by Gasteiger charge is -2.35. The number of nitrogens with one attached hydrogen (secondary N) is 1. The summed E-state index contributed by atoms with van der Waals surface area (Å²) in [5.41, 5.74) is 0.781. The number of hydrogen-bond acceptors (Lipinski definition) is 4. The van der Waals surface area contributed by atoms with Gasteiger partial charge in [-0.3, -0.25) is 0 Å². The summed E-state index contributed by atoms with van der Waals surface area (Å²) in [6, 6.07) is 5.44. The molecule has 1 fully saturated rings. The zero-order chi connectivity index (χ0) is 12.3. The van der Waals surface area contributed by atoms with Gasteiger partial charge in [0.05, 0.1) is 5.56 Å². The van der Waals surface area contributed by atoms with E-state index >= 15 is 0 Å². The van der Waals surface area contributed by atoms with Crippen LogP contribution in [0.1, 0.15) is 30.2 Å². The standard InChI is InChI=1S/C13H19N3S/c1-10-5-12(3-4-16(10)2)15-8-13-6-11(7-14)9-17-13/h6,9-10,12,15H,3-5,8H2,1-2H3. The smallest absolute Gasteiger partial charge is 0.100 e. The van der Waals surface area contributed by atoms with Crippen LogP contribution in [0.2, 0.25) is 0 Å². The Hall–Kier alpha value is -0.890. The summed E-state index contributed by atoms with van der Waals surface area (Å²) < 4.78 is 0. The van der Waals surface area contributed by atoms with E-state index in [4.69, 9.17) is 5.26 Å². The van der Waals surface area contributed by atoms with Gasteiger partial charge in [0, 0.05) is 28.9 Å². The molecule has 2 atom stereocenters. The van der Waals surface area contributed by atoms with Gasteiger partial charge < -0.3 is 10.2 Å². The second-order valence-electron chi connectivity index (χ2n) is 4.85. The molecule has 0 spiro atoms. The molecule has 1 saturated heterocycles. The molecule has 1 N–H and O–H groups in total. The van der Waals surface area contributed by atoms with Gasteiger partial charge in [-0.2, -0.15) is 5.26 Å². The molecular weight excluding hydrogens is 230 g/mol. The van der Waals surface area contributed by atoms with E-state index in [0.29, 0.717) is 12.1 Å². The zero-order valence-electron chi connectivity index (χ0n) is 10.4. The van der Waals surface area contributed by atoms with Crippen molar-refractivity contribution in [2.75, 3.05) is 13.6 Å². The second kappa shape index (κ2) is 5.63. The Bertz CT molecular complexity index is 407. The van der Waals surface area contributed by atoms with Crippen molar-refractivity contribution in [3.63, 3.8) is 0 Å². The number of likely N-dealkylation sites (tertiary alicyclic amines) is 1. The molecule has 1 aliphatic rings. The molecular formula is C13H19N3S. The van der Waals surface area contributed by atoms with E-state index in [2.05, 4.69) is 30.3 Å². The first-order valence-corrected chi connectivity index (χ1v) is 6.98. The maximum atomic E-state index is 8.76. The fourth-order valence-electron chi connectivity index (χ4n) is 2.25. The third kappa shape index (κ3) is 3.29. The maximum absolute atomic E-state index is 8.76. The minimum absolute atomic E-state index is 0.619. The van der Waals surface area contributed by atoms with Gasteiger partial charge in [-0.1, -0.05) is 0 Å². The summed E-state index contributed by atoms with van der Waals surface area (Å²) in [6.07, 6.45) is 2.43. The van der Waals surface area contributed by atoms with Crippen molar-refractivity contribution < 1.29 is 0 Å². The van der Waals surface area contributed by atoms with E-state index in [-0.39, 0.29) is 0 Å². The highest BCUT2D eigenvalue weighted by molar-refractivity contribution is 7.10. The molecule has 2 heterocycles. The SMILES string of the molecule is CC1CC(NCc2cc(C#N)cs2)CCN1C. The van der Waals surface area contributed by atoms with Crippen LogP contribution in [0.5, 0.6) is 0 Å². The molecule has 2 rings (SSSR count). The Balaban J connectivity index is 1.81. The first-order chi connectivity index (χ1) is 8.19. The van der Waals surface area contributed by atoms with Crippen LogP contribution in [0.3, 0.4) is 0 Å². The maximum Gasteiger partial charge on any atom is 0.100 e. The fraction of sp³-hybridized carbons (Fsp3) is 0.615. The van der Waals surface area contributed by atoms with Gasteiger partial charge in [-0.15, -0.1) is 11.3 Å². The zero-order valence-corrected chi connectivity index (χ0v) is 11.3. The average Bonchev–Trinajstić information content (AvgIpc) is 2.79. The third-order valence-electron chi connectivity index (χ3n) is 3.56. The molecule has 0 aromatic carbocycles. The molecule has 1 aromatic heterocycles. The fourth-order valence-corrected chi connectivity index (χ4v) is 3.01. The molecule has 1 aromatic rings.